The van der Waals surface area contributed by atoms with Crippen LogP contribution in [0, 0.1) is 5.82 Å². The summed E-state index contributed by atoms with van der Waals surface area (Å²) in [6.07, 6.45) is 0.954. The fourth-order valence-electron chi connectivity index (χ4n) is 2.93. The molecule has 8 heteroatoms. The standard InChI is InChI=1S/C18H18ClFN2O3S/c19-16-6-1-2-7-17(16)26(24,25)22-10-8-15(9-11-22)21-18(23)13-4-3-5-14(20)12-13/h1-7,12,15H,8-11H2,(H,21,23). The monoisotopic (exact) mass is 396 g/mol. The Kier molecular flexibility index (Phi) is 5.60. The van der Waals surface area contributed by atoms with Crippen molar-refractivity contribution in [3.05, 3.63) is 64.9 Å². The lowest BCUT2D eigenvalue weighted by atomic mass is 10.1. The van der Waals surface area contributed by atoms with Crippen LogP contribution in [0.25, 0.3) is 0 Å². The van der Waals surface area contributed by atoms with E-state index in [1.54, 1.807) is 18.2 Å². The summed E-state index contributed by atoms with van der Waals surface area (Å²) in [4.78, 5) is 12.3. The van der Waals surface area contributed by atoms with Gasteiger partial charge in [-0.25, -0.2) is 12.8 Å². The zero-order valence-corrected chi connectivity index (χ0v) is 15.4. The third kappa shape index (κ3) is 4.06. The van der Waals surface area contributed by atoms with Crippen LogP contribution in [0.5, 0.6) is 0 Å². The van der Waals surface area contributed by atoms with Gasteiger partial charge in [-0.05, 0) is 43.2 Å². The molecule has 0 unspecified atom stereocenters. The first-order valence-corrected chi connectivity index (χ1v) is 10.0. The predicted molar refractivity (Wildman–Crippen MR) is 97.1 cm³/mol. The van der Waals surface area contributed by atoms with Gasteiger partial charge in [0.1, 0.15) is 10.7 Å². The molecule has 1 fully saturated rings. The Morgan fingerprint density at radius 1 is 1.12 bits per heavy atom. The average Bonchev–Trinajstić information content (AvgIpc) is 2.62. The SMILES string of the molecule is O=C(NC1CCN(S(=O)(=O)c2ccccc2Cl)CC1)c1cccc(F)c1. The number of carbonyl (C=O) groups excluding carboxylic acids is 1. The molecule has 0 radical (unpaired) electrons. The molecule has 2 aromatic rings. The van der Waals surface area contributed by atoms with Crippen molar-refractivity contribution in [1.82, 2.24) is 9.62 Å². The van der Waals surface area contributed by atoms with Crippen molar-refractivity contribution in [2.24, 2.45) is 0 Å². The predicted octanol–water partition coefficient (Wildman–Crippen LogP) is 3.06. The molecule has 1 aliphatic heterocycles. The van der Waals surface area contributed by atoms with Gasteiger partial charge in [0.25, 0.3) is 5.91 Å². The molecule has 0 bridgehead atoms. The summed E-state index contributed by atoms with van der Waals surface area (Å²) < 4.78 is 40.0. The third-order valence-corrected chi connectivity index (χ3v) is 6.73. The van der Waals surface area contributed by atoms with Crippen LogP contribution in [-0.4, -0.2) is 37.8 Å². The topological polar surface area (TPSA) is 66.5 Å². The zero-order valence-electron chi connectivity index (χ0n) is 13.9. The van der Waals surface area contributed by atoms with Crippen molar-refractivity contribution in [3.8, 4) is 0 Å². The van der Waals surface area contributed by atoms with Crippen LogP contribution in [0.1, 0.15) is 23.2 Å². The summed E-state index contributed by atoms with van der Waals surface area (Å²) >= 11 is 6.01. The van der Waals surface area contributed by atoms with Gasteiger partial charge in [-0.15, -0.1) is 0 Å². The summed E-state index contributed by atoms with van der Waals surface area (Å²) in [5.74, 6) is -0.838. The lowest BCUT2D eigenvalue weighted by Crippen LogP contribution is -2.46. The van der Waals surface area contributed by atoms with Crippen LogP contribution < -0.4 is 5.32 Å². The number of halogens is 2. The van der Waals surface area contributed by atoms with Crippen molar-refractivity contribution < 1.29 is 17.6 Å². The molecule has 1 heterocycles. The van der Waals surface area contributed by atoms with Crippen molar-refractivity contribution >= 4 is 27.5 Å². The summed E-state index contributed by atoms with van der Waals surface area (Å²) in [6.45, 7) is 0.559. The normalized spacial score (nSPS) is 16.4. The number of benzene rings is 2. The molecular formula is C18H18ClFN2O3S. The summed E-state index contributed by atoms with van der Waals surface area (Å²) in [7, 11) is -3.66. The fraction of sp³-hybridized carbons (Fsp3) is 0.278. The van der Waals surface area contributed by atoms with Crippen LogP contribution >= 0.6 is 11.6 Å². The van der Waals surface area contributed by atoms with Gasteiger partial charge in [-0.1, -0.05) is 29.8 Å². The van der Waals surface area contributed by atoms with Gasteiger partial charge in [0.15, 0.2) is 0 Å². The molecule has 0 spiro atoms. The molecular weight excluding hydrogens is 379 g/mol. The Hall–Kier alpha value is -1.96. The Labute approximate surface area is 156 Å². The molecule has 0 atom stereocenters. The van der Waals surface area contributed by atoms with Gasteiger partial charge in [-0.3, -0.25) is 4.79 Å². The lowest BCUT2D eigenvalue weighted by molar-refractivity contribution is 0.0923. The van der Waals surface area contributed by atoms with Crippen molar-refractivity contribution in [2.75, 3.05) is 13.1 Å². The number of rotatable bonds is 4. The molecule has 1 aliphatic rings. The molecule has 3 rings (SSSR count). The first-order chi connectivity index (χ1) is 12.4. The minimum Gasteiger partial charge on any atom is -0.349 e. The average molecular weight is 397 g/mol. The number of hydrogen-bond donors (Lipinski definition) is 1. The Bertz CT molecular complexity index is 912. The van der Waals surface area contributed by atoms with Crippen LogP contribution in [-0.2, 0) is 10.0 Å². The highest BCUT2D eigenvalue weighted by Crippen LogP contribution is 2.26. The third-order valence-electron chi connectivity index (χ3n) is 4.33. The molecule has 0 aromatic heterocycles. The van der Waals surface area contributed by atoms with E-state index in [1.165, 1.54) is 34.6 Å². The second-order valence-electron chi connectivity index (χ2n) is 6.09. The van der Waals surface area contributed by atoms with Gasteiger partial charge in [-0.2, -0.15) is 4.31 Å². The van der Waals surface area contributed by atoms with Gasteiger partial charge in [0, 0.05) is 24.7 Å². The van der Waals surface area contributed by atoms with Crippen LogP contribution in [0.2, 0.25) is 5.02 Å². The smallest absolute Gasteiger partial charge is 0.251 e. The highest BCUT2D eigenvalue weighted by Gasteiger charge is 2.31. The molecule has 0 aliphatic carbocycles. The minimum absolute atomic E-state index is 0.0870. The maximum atomic E-state index is 13.2. The fourth-order valence-corrected chi connectivity index (χ4v) is 4.89. The van der Waals surface area contributed by atoms with E-state index >= 15 is 0 Å². The number of sulfonamides is 1. The van der Waals surface area contributed by atoms with E-state index in [1.807, 2.05) is 0 Å². The van der Waals surface area contributed by atoms with E-state index in [2.05, 4.69) is 5.32 Å². The maximum Gasteiger partial charge on any atom is 0.251 e. The highest BCUT2D eigenvalue weighted by atomic mass is 35.5. The first-order valence-electron chi connectivity index (χ1n) is 8.19. The van der Waals surface area contributed by atoms with Gasteiger partial charge in [0.2, 0.25) is 10.0 Å². The molecule has 1 amide bonds. The van der Waals surface area contributed by atoms with Crippen molar-refractivity contribution in [1.29, 1.82) is 0 Å². The number of nitrogens with one attached hydrogen (secondary N) is 1. The van der Waals surface area contributed by atoms with E-state index in [4.69, 9.17) is 11.6 Å². The number of piperidine rings is 1. The Morgan fingerprint density at radius 3 is 2.46 bits per heavy atom. The van der Waals surface area contributed by atoms with E-state index in [0.717, 1.165) is 0 Å². The van der Waals surface area contributed by atoms with E-state index in [-0.39, 0.29) is 40.5 Å². The number of nitrogens with zero attached hydrogens (tertiary/aromatic N) is 1. The zero-order chi connectivity index (χ0) is 18.7. The number of amides is 1. The molecule has 26 heavy (non-hydrogen) atoms. The molecule has 5 nitrogen and oxygen atoms in total. The van der Waals surface area contributed by atoms with Gasteiger partial charge >= 0.3 is 0 Å². The van der Waals surface area contributed by atoms with E-state index < -0.39 is 15.8 Å². The first kappa shape index (κ1) is 18.8. The molecule has 1 saturated heterocycles. The van der Waals surface area contributed by atoms with Crippen LogP contribution in [0.4, 0.5) is 4.39 Å². The highest BCUT2D eigenvalue weighted by molar-refractivity contribution is 7.89. The lowest BCUT2D eigenvalue weighted by Gasteiger charge is -2.31. The van der Waals surface area contributed by atoms with Gasteiger partial charge < -0.3 is 5.32 Å². The number of carbonyl (C=O) groups is 1. The van der Waals surface area contributed by atoms with Crippen molar-refractivity contribution in [3.63, 3.8) is 0 Å². The summed E-state index contributed by atoms with van der Waals surface area (Å²) in [6, 6.07) is 11.6. The largest absolute Gasteiger partial charge is 0.349 e. The van der Waals surface area contributed by atoms with Crippen LogP contribution in [0.15, 0.2) is 53.4 Å². The van der Waals surface area contributed by atoms with Crippen molar-refractivity contribution in [2.45, 2.75) is 23.8 Å². The second-order valence-corrected chi connectivity index (χ2v) is 8.41. The summed E-state index contributed by atoms with van der Waals surface area (Å²) in [5.41, 5.74) is 0.246. The summed E-state index contributed by atoms with van der Waals surface area (Å²) in [5, 5.41) is 3.02. The Morgan fingerprint density at radius 2 is 1.81 bits per heavy atom. The van der Waals surface area contributed by atoms with E-state index in [9.17, 15) is 17.6 Å². The quantitative estimate of drug-likeness (QED) is 0.863. The Balaban J connectivity index is 1.62. The maximum absolute atomic E-state index is 13.2. The second kappa shape index (κ2) is 7.73. The molecule has 1 N–H and O–H groups in total. The molecule has 0 saturated carbocycles. The molecule has 2 aromatic carbocycles. The van der Waals surface area contributed by atoms with Crippen LogP contribution in [0.3, 0.4) is 0 Å². The minimum atomic E-state index is -3.66. The van der Waals surface area contributed by atoms with E-state index in [0.29, 0.717) is 12.8 Å². The number of hydrogen-bond acceptors (Lipinski definition) is 3. The van der Waals surface area contributed by atoms with Gasteiger partial charge in [0.05, 0.1) is 5.02 Å². The molecule has 138 valence electrons.